The Bertz CT molecular complexity index is 2440. The molecule has 6 heteroatoms. The van der Waals surface area contributed by atoms with Crippen LogP contribution in [0.1, 0.15) is 151 Å². The van der Waals surface area contributed by atoms with Crippen LogP contribution in [0.15, 0.2) is 60.7 Å². The molecule has 0 saturated heterocycles. The lowest BCUT2D eigenvalue weighted by atomic mass is 9.94. The van der Waals surface area contributed by atoms with E-state index in [0.29, 0.717) is 0 Å². The van der Waals surface area contributed by atoms with Gasteiger partial charge in [-0.05, 0) is 171 Å². The molecule has 0 amide bonds. The summed E-state index contributed by atoms with van der Waals surface area (Å²) in [7, 11) is 3.50. The highest BCUT2D eigenvalue weighted by molar-refractivity contribution is 6.03. The number of ether oxygens (including phenoxy) is 2. The van der Waals surface area contributed by atoms with E-state index in [2.05, 4.69) is 114 Å². The van der Waals surface area contributed by atoms with Crippen LogP contribution in [0, 0.1) is 13.8 Å². The average Bonchev–Trinajstić information content (AvgIpc) is 3.94. The topological polar surface area (TPSA) is 75.8 Å². The predicted molar refractivity (Wildman–Crippen MR) is 256 cm³/mol. The van der Waals surface area contributed by atoms with Crippen molar-refractivity contribution in [2.45, 2.75) is 132 Å². The van der Waals surface area contributed by atoms with E-state index in [1.807, 2.05) is 12.1 Å². The molecule has 0 saturated carbocycles. The van der Waals surface area contributed by atoms with Crippen molar-refractivity contribution in [1.82, 2.24) is 19.9 Å². The number of rotatable bonds is 16. The van der Waals surface area contributed by atoms with E-state index < -0.39 is 0 Å². The Labute approximate surface area is 358 Å². The molecule has 0 radical (unpaired) electrons. The van der Waals surface area contributed by atoms with Gasteiger partial charge in [0.1, 0.15) is 11.5 Å². The maximum absolute atomic E-state index is 5.85. The highest BCUT2D eigenvalue weighted by Gasteiger charge is 2.26. The van der Waals surface area contributed by atoms with Crippen LogP contribution >= 0.6 is 0 Å². The summed E-state index contributed by atoms with van der Waals surface area (Å²) < 4.78 is 11.7. The minimum absolute atomic E-state index is 0.833. The molecule has 0 atom stereocenters. The number of methoxy groups -OCH3 is 2. The lowest BCUT2D eigenvalue weighted by Gasteiger charge is -2.10. The highest BCUT2D eigenvalue weighted by Crippen LogP contribution is 2.45. The molecule has 0 spiro atoms. The molecule has 2 aliphatic rings. The number of fused-ring (bicyclic) bond motifs is 8. The molecule has 2 aliphatic heterocycles. The van der Waals surface area contributed by atoms with Crippen molar-refractivity contribution in [3.8, 4) is 33.8 Å². The number of aromatic amines is 2. The van der Waals surface area contributed by atoms with Crippen molar-refractivity contribution in [1.29, 1.82) is 0 Å². The fraction of sp³-hybridized carbons (Fsp3) is 0.407. The van der Waals surface area contributed by atoms with Gasteiger partial charge < -0.3 is 19.4 Å². The van der Waals surface area contributed by atoms with Crippen molar-refractivity contribution in [3.63, 3.8) is 0 Å². The molecule has 5 heterocycles. The van der Waals surface area contributed by atoms with Crippen molar-refractivity contribution >= 4 is 44.4 Å². The largest absolute Gasteiger partial charge is 0.497 e. The summed E-state index contributed by atoms with van der Waals surface area (Å²) in [5.41, 5.74) is 23.5. The minimum Gasteiger partial charge on any atom is -0.497 e. The van der Waals surface area contributed by atoms with Gasteiger partial charge in [0.2, 0.25) is 0 Å². The number of nitrogens with one attached hydrogen (secondary N) is 2. The number of H-pyrrole nitrogens is 2. The number of aromatic nitrogens is 4. The van der Waals surface area contributed by atoms with Crippen LogP contribution in [0.25, 0.3) is 66.6 Å². The molecule has 2 N–H and O–H groups in total. The molecular formula is C54H66N4O2. The van der Waals surface area contributed by atoms with Gasteiger partial charge in [0.25, 0.3) is 0 Å². The van der Waals surface area contributed by atoms with Gasteiger partial charge >= 0.3 is 0 Å². The zero-order valence-corrected chi connectivity index (χ0v) is 38.0. The third-order valence-electron chi connectivity index (χ3n) is 12.9. The number of nitrogens with zero attached hydrogens (tertiary/aromatic N) is 2. The Hall–Kier alpha value is -5.36. The predicted octanol–water partition coefficient (Wildman–Crippen LogP) is 15.2. The lowest BCUT2D eigenvalue weighted by Crippen LogP contribution is -1.91. The minimum atomic E-state index is 0.833. The molecule has 0 fully saturated rings. The van der Waals surface area contributed by atoms with Crippen LogP contribution in [-0.4, -0.2) is 34.2 Å². The van der Waals surface area contributed by atoms with Crippen molar-refractivity contribution < 1.29 is 9.47 Å². The quantitative estimate of drug-likeness (QED) is 0.104. The molecule has 3 aromatic heterocycles. The van der Waals surface area contributed by atoms with Crippen molar-refractivity contribution in [2.24, 2.45) is 0 Å². The van der Waals surface area contributed by atoms with E-state index in [0.717, 1.165) is 156 Å². The Kier molecular flexibility index (Phi) is 13.5. The maximum atomic E-state index is 5.85. The van der Waals surface area contributed by atoms with Gasteiger partial charge in [-0.1, -0.05) is 77.6 Å². The Morgan fingerprint density at radius 1 is 0.500 bits per heavy atom. The van der Waals surface area contributed by atoms with Crippen molar-refractivity contribution in [3.05, 3.63) is 106 Å². The Balaban J connectivity index is 1.76. The number of hydrogen-bond donors (Lipinski definition) is 2. The van der Waals surface area contributed by atoms with Crippen LogP contribution in [0.5, 0.6) is 11.5 Å². The summed E-state index contributed by atoms with van der Waals surface area (Å²) in [6.07, 6.45) is 12.7. The second-order valence-corrected chi connectivity index (χ2v) is 16.8. The number of benzene rings is 2. The summed E-state index contributed by atoms with van der Waals surface area (Å²) in [4.78, 5) is 19.6. The summed E-state index contributed by atoms with van der Waals surface area (Å²) in [6, 6.07) is 21.7. The molecule has 0 aliphatic carbocycles. The number of hydrogen-bond acceptors (Lipinski definition) is 4. The maximum Gasteiger partial charge on any atom is 0.119 e. The Morgan fingerprint density at radius 2 is 0.883 bits per heavy atom. The first-order chi connectivity index (χ1) is 29.2. The van der Waals surface area contributed by atoms with E-state index in [-0.39, 0.29) is 0 Å². The Morgan fingerprint density at radius 3 is 1.25 bits per heavy atom. The number of aryl methyl sites for hydroxylation is 4. The second-order valence-electron chi connectivity index (χ2n) is 16.8. The third-order valence-corrected chi connectivity index (χ3v) is 12.9. The first-order valence-electron chi connectivity index (χ1n) is 22.7. The molecule has 2 aromatic carbocycles. The molecule has 0 unspecified atom stereocenters. The summed E-state index contributed by atoms with van der Waals surface area (Å²) >= 11 is 0. The summed E-state index contributed by atoms with van der Waals surface area (Å²) in [5, 5.41) is 0. The molecule has 8 bridgehead atoms. The van der Waals surface area contributed by atoms with Crippen LogP contribution in [0.3, 0.4) is 0 Å². The van der Waals surface area contributed by atoms with E-state index in [1.165, 1.54) is 44.5 Å². The van der Waals surface area contributed by atoms with Crippen molar-refractivity contribution in [2.75, 3.05) is 14.2 Å². The highest BCUT2D eigenvalue weighted by atomic mass is 16.5. The van der Waals surface area contributed by atoms with Crippen LogP contribution in [-0.2, 0) is 12.8 Å². The smallest absolute Gasteiger partial charge is 0.119 e. The van der Waals surface area contributed by atoms with Gasteiger partial charge in [-0.25, -0.2) is 9.97 Å². The normalized spacial score (nSPS) is 12.8. The average molecular weight is 803 g/mol. The standard InChI is InChI=1S/C54H66N4O2/c1-11-15-25-41-33(5)51-49(37-21-19-23-39(29-37)59-9)52-35(7)43(27-17-13-3)47(57-52)32-48-44(28-18-14-4)36(8)54(58-48)50(38-22-20-24-40(30-38)60-10)53-34(6)42(26-16-12-2)46(56-53)31-45(41)55-51/h19-24,29-32,55,58H,11-18,25-28H2,1-10H3. The van der Waals surface area contributed by atoms with E-state index in [9.17, 15) is 0 Å². The zero-order valence-electron chi connectivity index (χ0n) is 38.0. The molecular weight excluding hydrogens is 737 g/mol. The van der Waals surface area contributed by atoms with Gasteiger partial charge in [-0.2, -0.15) is 0 Å². The first-order valence-corrected chi connectivity index (χ1v) is 22.7. The zero-order chi connectivity index (χ0) is 42.5. The van der Waals surface area contributed by atoms with E-state index in [4.69, 9.17) is 19.4 Å². The number of unbranched alkanes of at least 4 members (excludes halogenated alkanes) is 4. The third kappa shape index (κ3) is 8.23. The van der Waals surface area contributed by atoms with Crippen LogP contribution in [0.2, 0.25) is 0 Å². The molecule has 6 nitrogen and oxygen atoms in total. The van der Waals surface area contributed by atoms with E-state index >= 15 is 0 Å². The summed E-state index contributed by atoms with van der Waals surface area (Å²) in [5.74, 6) is 1.67. The SMILES string of the molecule is CCCCC1=C(C)c2nc1cc1[nH]c(c(C)c1CCCC)c(-c1cccc(OC)c1)c1nc(cc3[nH]c(c(C)c3CCCC)c2-c2cccc(OC)c2)C(CCCC)=C1C. The van der Waals surface area contributed by atoms with Crippen LogP contribution in [0.4, 0.5) is 0 Å². The van der Waals surface area contributed by atoms with Gasteiger partial charge in [0.15, 0.2) is 0 Å². The van der Waals surface area contributed by atoms with Gasteiger partial charge in [-0.15, -0.1) is 0 Å². The van der Waals surface area contributed by atoms with Crippen LogP contribution < -0.4 is 9.47 Å². The summed E-state index contributed by atoms with van der Waals surface area (Å²) in [6.45, 7) is 18.3. The fourth-order valence-electron chi connectivity index (χ4n) is 9.32. The van der Waals surface area contributed by atoms with E-state index in [1.54, 1.807) is 14.2 Å². The van der Waals surface area contributed by atoms with Gasteiger partial charge in [0, 0.05) is 22.2 Å². The van der Waals surface area contributed by atoms with Gasteiger partial charge in [0.05, 0.1) is 48.0 Å². The van der Waals surface area contributed by atoms with Gasteiger partial charge in [-0.3, -0.25) is 0 Å². The molecule has 5 aromatic rings. The lowest BCUT2D eigenvalue weighted by molar-refractivity contribution is 0.415. The molecule has 7 rings (SSSR count). The monoisotopic (exact) mass is 803 g/mol. The number of allylic oxidation sites excluding steroid dienone is 4. The fourth-order valence-corrected chi connectivity index (χ4v) is 9.32. The molecule has 314 valence electrons. The second kappa shape index (κ2) is 18.9. The molecule has 60 heavy (non-hydrogen) atoms. The first kappa shape index (κ1) is 42.8.